The molecule has 2 rings (SSSR count). The minimum Gasteiger partial charge on any atom is -0.448 e. The highest BCUT2D eigenvalue weighted by Crippen LogP contribution is 2.16. The van der Waals surface area contributed by atoms with Crippen molar-refractivity contribution in [2.45, 2.75) is 6.54 Å². The lowest BCUT2D eigenvalue weighted by molar-refractivity contribution is 0.157. The molecule has 2 aromatic rings. The van der Waals surface area contributed by atoms with E-state index in [-0.39, 0.29) is 6.61 Å². The average Bonchev–Trinajstić information content (AvgIpc) is 2.77. The summed E-state index contributed by atoms with van der Waals surface area (Å²) in [5.74, 6) is 0. The fraction of sp³-hybridized carbons (Fsp3) is 0.250. The van der Waals surface area contributed by atoms with Gasteiger partial charge in [-0.25, -0.2) is 4.79 Å². The number of para-hydroxylation sites is 1. The second-order valence-corrected chi connectivity index (χ2v) is 3.70. The van der Waals surface area contributed by atoms with Crippen LogP contribution in [0.3, 0.4) is 0 Å². The first-order valence-corrected chi connectivity index (χ1v) is 5.45. The molecule has 4 N–H and O–H groups in total. The van der Waals surface area contributed by atoms with Crippen molar-refractivity contribution in [1.82, 2.24) is 10.3 Å². The summed E-state index contributed by atoms with van der Waals surface area (Å²) in [6.07, 6.45) is 1.18. The third-order valence-electron chi connectivity index (χ3n) is 2.51. The second kappa shape index (κ2) is 5.36. The first-order chi connectivity index (χ1) is 8.27. The van der Waals surface area contributed by atoms with E-state index >= 15 is 0 Å². The molecular formula is C12H15N3O2. The molecule has 5 nitrogen and oxygen atoms in total. The number of primary amides is 1. The smallest absolute Gasteiger partial charge is 0.404 e. The van der Waals surface area contributed by atoms with Crippen LogP contribution in [-0.2, 0) is 11.3 Å². The highest BCUT2D eigenvalue weighted by molar-refractivity contribution is 5.82. The molecule has 1 amide bonds. The number of amides is 1. The molecule has 0 spiro atoms. The number of H-pyrrole nitrogens is 1. The van der Waals surface area contributed by atoms with Gasteiger partial charge in [0, 0.05) is 24.8 Å². The van der Waals surface area contributed by atoms with Gasteiger partial charge in [-0.15, -0.1) is 0 Å². The minimum absolute atomic E-state index is 0.288. The maximum atomic E-state index is 10.3. The summed E-state index contributed by atoms with van der Waals surface area (Å²) < 4.78 is 4.62. The van der Waals surface area contributed by atoms with E-state index < -0.39 is 6.09 Å². The van der Waals surface area contributed by atoms with Crippen molar-refractivity contribution in [3.8, 4) is 0 Å². The van der Waals surface area contributed by atoms with E-state index in [0.717, 1.165) is 12.1 Å². The largest absolute Gasteiger partial charge is 0.448 e. The quantitative estimate of drug-likeness (QED) is 0.682. The zero-order chi connectivity index (χ0) is 12.1. The lowest BCUT2D eigenvalue weighted by Gasteiger charge is -2.06. The number of rotatable bonds is 5. The molecule has 0 aliphatic heterocycles. The van der Waals surface area contributed by atoms with Gasteiger partial charge < -0.3 is 20.8 Å². The van der Waals surface area contributed by atoms with E-state index in [1.54, 1.807) is 0 Å². The Kier molecular flexibility index (Phi) is 3.62. The van der Waals surface area contributed by atoms with Gasteiger partial charge in [0.05, 0.1) is 0 Å². The molecule has 0 radical (unpaired) electrons. The molecule has 0 fully saturated rings. The van der Waals surface area contributed by atoms with Crippen LogP contribution in [0.1, 0.15) is 5.56 Å². The Morgan fingerprint density at radius 2 is 2.29 bits per heavy atom. The van der Waals surface area contributed by atoms with Gasteiger partial charge in [0.1, 0.15) is 6.61 Å². The summed E-state index contributed by atoms with van der Waals surface area (Å²) in [6.45, 7) is 1.59. The van der Waals surface area contributed by atoms with E-state index in [0.29, 0.717) is 6.54 Å². The molecule has 90 valence electrons. The number of hydrogen-bond donors (Lipinski definition) is 3. The number of nitrogens with one attached hydrogen (secondary N) is 2. The molecule has 0 atom stereocenters. The summed E-state index contributed by atoms with van der Waals surface area (Å²) in [6, 6.07) is 8.18. The van der Waals surface area contributed by atoms with Gasteiger partial charge >= 0.3 is 6.09 Å². The summed E-state index contributed by atoms with van der Waals surface area (Å²) in [4.78, 5) is 13.5. The summed E-state index contributed by atoms with van der Waals surface area (Å²) in [5.41, 5.74) is 7.17. The van der Waals surface area contributed by atoms with Gasteiger partial charge in [-0.05, 0) is 17.0 Å². The van der Waals surface area contributed by atoms with Crippen molar-refractivity contribution >= 4 is 17.0 Å². The molecule has 0 saturated heterocycles. The number of aromatic nitrogens is 1. The second-order valence-electron chi connectivity index (χ2n) is 3.70. The van der Waals surface area contributed by atoms with Crippen molar-refractivity contribution in [3.05, 3.63) is 36.0 Å². The van der Waals surface area contributed by atoms with E-state index in [1.807, 2.05) is 18.3 Å². The van der Waals surface area contributed by atoms with Gasteiger partial charge in [0.25, 0.3) is 0 Å². The van der Waals surface area contributed by atoms with Crippen LogP contribution in [0.25, 0.3) is 10.9 Å². The Morgan fingerprint density at radius 1 is 1.41 bits per heavy atom. The number of hydrogen-bond acceptors (Lipinski definition) is 3. The molecule has 0 aliphatic carbocycles. The topological polar surface area (TPSA) is 80.1 Å². The molecule has 0 saturated carbocycles. The highest BCUT2D eigenvalue weighted by atomic mass is 16.5. The van der Waals surface area contributed by atoms with E-state index in [4.69, 9.17) is 5.73 Å². The first kappa shape index (κ1) is 11.5. The number of carbonyl (C=O) groups is 1. The number of aromatic amines is 1. The lowest BCUT2D eigenvalue weighted by atomic mass is 10.1. The zero-order valence-electron chi connectivity index (χ0n) is 9.40. The number of carbonyl (C=O) groups excluding carboxylic acids is 1. The number of benzene rings is 1. The number of nitrogens with two attached hydrogens (primary N) is 1. The molecule has 17 heavy (non-hydrogen) atoms. The van der Waals surface area contributed by atoms with Crippen molar-refractivity contribution in [1.29, 1.82) is 0 Å². The summed E-state index contributed by atoms with van der Waals surface area (Å²) in [7, 11) is 0. The zero-order valence-corrected chi connectivity index (χ0v) is 9.40. The van der Waals surface area contributed by atoms with Gasteiger partial charge in [-0.1, -0.05) is 18.2 Å². The number of ether oxygens (including phenoxy) is 1. The van der Waals surface area contributed by atoms with Crippen LogP contribution in [0, 0.1) is 0 Å². The molecule has 0 unspecified atom stereocenters. The normalized spacial score (nSPS) is 10.6. The van der Waals surface area contributed by atoms with Crippen LogP contribution < -0.4 is 11.1 Å². The van der Waals surface area contributed by atoms with Gasteiger partial charge in [0.2, 0.25) is 0 Å². The molecule has 5 heteroatoms. The molecule has 0 aliphatic rings. The van der Waals surface area contributed by atoms with Crippen molar-refractivity contribution < 1.29 is 9.53 Å². The lowest BCUT2D eigenvalue weighted by Crippen LogP contribution is -2.23. The highest BCUT2D eigenvalue weighted by Gasteiger charge is 2.01. The Balaban J connectivity index is 1.86. The average molecular weight is 233 g/mol. The van der Waals surface area contributed by atoms with Crippen LogP contribution in [0.2, 0.25) is 0 Å². The molecule has 1 aromatic carbocycles. The van der Waals surface area contributed by atoms with Crippen LogP contribution >= 0.6 is 0 Å². The van der Waals surface area contributed by atoms with E-state index in [2.05, 4.69) is 27.2 Å². The van der Waals surface area contributed by atoms with Crippen LogP contribution in [0.15, 0.2) is 30.5 Å². The molecule has 1 aromatic heterocycles. The van der Waals surface area contributed by atoms with Crippen molar-refractivity contribution in [2.75, 3.05) is 13.2 Å². The monoisotopic (exact) mass is 233 g/mol. The van der Waals surface area contributed by atoms with Crippen LogP contribution in [-0.4, -0.2) is 24.2 Å². The van der Waals surface area contributed by atoms with Crippen LogP contribution in [0.5, 0.6) is 0 Å². The van der Waals surface area contributed by atoms with E-state index in [9.17, 15) is 4.79 Å². The summed E-state index contributed by atoms with van der Waals surface area (Å²) >= 11 is 0. The Bertz CT molecular complexity index is 507. The minimum atomic E-state index is -0.738. The molecule has 1 heterocycles. The summed E-state index contributed by atoms with van der Waals surface area (Å²) in [5, 5.41) is 4.38. The van der Waals surface area contributed by atoms with Crippen molar-refractivity contribution in [3.63, 3.8) is 0 Å². The molecular weight excluding hydrogens is 218 g/mol. The van der Waals surface area contributed by atoms with Crippen LogP contribution in [0.4, 0.5) is 4.79 Å². The third-order valence-corrected chi connectivity index (χ3v) is 2.51. The third kappa shape index (κ3) is 2.98. The van der Waals surface area contributed by atoms with E-state index in [1.165, 1.54) is 10.9 Å². The maximum absolute atomic E-state index is 10.3. The fourth-order valence-electron chi connectivity index (χ4n) is 1.74. The standard InChI is InChI=1S/C12H15N3O2/c13-12(16)17-7-6-14-8-10-3-1-2-9-4-5-15-11(9)10/h1-5,14-15H,6-8H2,(H2,13,16). The SMILES string of the molecule is NC(=O)OCCNCc1cccc2cc[nH]c12. The van der Waals surface area contributed by atoms with Gasteiger partial charge in [-0.3, -0.25) is 0 Å². The fourth-order valence-corrected chi connectivity index (χ4v) is 1.74. The first-order valence-electron chi connectivity index (χ1n) is 5.45. The van der Waals surface area contributed by atoms with Gasteiger partial charge in [0.15, 0.2) is 0 Å². The predicted octanol–water partition coefficient (Wildman–Crippen LogP) is 1.35. The Hall–Kier alpha value is -2.01. The Labute approximate surface area is 98.9 Å². The van der Waals surface area contributed by atoms with Gasteiger partial charge in [-0.2, -0.15) is 0 Å². The maximum Gasteiger partial charge on any atom is 0.404 e. The van der Waals surface area contributed by atoms with Crippen molar-refractivity contribution in [2.24, 2.45) is 5.73 Å². The predicted molar refractivity (Wildman–Crippen MR) is 65.5 cm³/mol. The Morgan fingerprint density at radius 3 is 3.12 bits per heavy atom. The number of fused-ring (bicyclic) bond motifs is 1. The molecule has 0 bridgehead atoms.